The van der Waals surface area contributed by atoms with Crippen LogP contribution in [0, 0.1) is 0 Å². The summed E-state index contributed by atoms with van der Waals surface area (Å²) in [5, 5.41) is 7.09. The molecule has 1 N–H and O–H groups in total. The highest BCUT2D eigenvalue weighted by atomic mass is 16.1. The second kappa shape index (κ2) is 5.50. The van der Waals surface area contributed by atoms with E-state index >= 15 is 0 Å². The van der Waals surface area contributed by atoms with E-state index in [1.54, 1.807) is 12.3 Å². The summed E-state index contributed by atoms with van der Waals surface area (Å²) in [6.07, 6.45) is 1.72. The topological polar surface area (TPSA) is 50.2 Å². The van der Waals surface area contributed by atoms with Crippen LogP contribution in [0.3, 0.4) is 0 Å². The number of nitrogens with one attached hydrogen (secondary N) is 1. The molecule has 0 bridgehead atoms. The molecular weight excluding hydrogens is 192 g/mol. The Bertz CT molecular complexity index is 361. The van der Waals surface area contributed by atoms with Crippen LogP contribution < -0.4 is 15.8 Å². The van der Waals surface area contributed by atoms with E-state index in [0.29, 0.717) is 6.54 Å². The number of aromatic nitrogens is 2. The van der Waals surface area contributed by atoms with Gasteiger partial charge in [0.15, 0.2) is 0 Å². The molecule has 0 unspecified atom stereocenters. The molecule has 1 aromatic rings. The van der Waals surface area contributed by atoms with Gasteiger partial charge in [0.25, 0.3) is 5.56 Å². The van der Waals surface area contributed by atoms with Gasteiger partial charge in [-0.25, -0.2) is 4.68 Å². The molecule has 0 spiro atoms. The molecular formula is C10H18N4O. The molecule has 0 saturated heterocycles. The molecule has 0 aliphatic carbocycles. The quantitative estimate of drug-likeness (QED) is 0.738. The number of anilines is 1. The van der Waals surface area contributed by atoms with Crippen molar-refractivity contribution in [3.8, 4) is 0 Å². The number of hydrogen-bond acceptors (Lipinski definition) is 4. The minimum Gasteiger partial charge on any atom is -0.373 e. The van der Waals surface area contributed by atoms with Gasteiger partial charge >= 0.3 is 0 Å². The lowest BCUT2D eigenvalue weighted by Crippen LogP contribution is -2.28. The van der Waals surface area contributed by atoms with Gasteiger partial charge in [0.05, 0.1) is 18.4 Å². The van der Waals surface area contributed by atoms with Crippen LogP contribution in [0.5, 0.6) is 0 Å². The van der Waals surface area contributed by atoms with Crippen molar-refractivity contribution in [2.24, 2.45) is 0 Å². The van der Waals surface area contributed by atoms with E-state index in [1.807, 2.05) is 25.9 Å². The van der Waals surface area contributed by atoms with Crippen molar-refractivity contribution in [3.63, 3.8) is 0 Å². The van der Waals surface area contributed by atoms with Gasteiger partial charge in [-0.15, -0.1) is 0 Å². The zero-order valence-corrected chi connectivity index (χ0v) is 9.53. The fraction of sp³-hybridized carbons (Fsp3) is 0.600. The third kappa shape index (κ3) is 3.06. The Hall–Kier alpha value is -1.36. The van der Waals surface area contributed by atoms with Gasteiger partial charge in [0, 0.05) is 26.2 Å². The van der Waals surface area contributed by atoms with E-state index in [4.69, 9.17) is 0 Å². The normalized spacial score (nSPS) is 10.3. The zero-order valence-electron chi connectivity index (χ0n) is 9.53. The van der Waals surface area contributed by atoms with E-state index in [-0.39, 0.29) is 5.56 Å². The maximum atomic E-state index is 11.6. The maximum Gasteiger partial charge on any atom is 0.268 e. The van der Waals surface area contributed by atoms with E-state index in [9.17, 15) is 4.79 Å². The number of nitrogens with zero attached hydrogens (tertiary/aromatic N) is 3. The van der Waals surface area contributed by atoms with Crippen LogP contribution in [0.1, 0.15) is 6.92 Å². The molecule has 1 rings (SSSR count). The standard InChI is InChI=1S/C10H18N4O/c1-4-13(3)9-7-10(15)14(12-8-9)6-5-11-2/h7-8,11H,4-6H2,1-3H3. The molecule has 0 radical (unpaired) electrons. The summed E-state index contributed by atoms with van der Waals surface area (Å²) >= 11 is 0. The van der Waals surface area contributed by atoms with Gasteiger partial charge < -0.3 is 10.2 Å². The Balaban J connectivity index is 2.83. The van der Waals surface area contributed by atoms with Crippen LogP contribution in [-0.4, -0.2) is 37.0 Å². The van der Waals surface area contributed by atoms with Crippen molar-refractivity contribution >= 4 is 5.69 Å². The molecule has 0 aromatic carbocycles. The van der Waals surface area contributed by atoms with Crippen molar-refractivity contribution < 1.29 is 0 Å². The molecule has 5 nitrogen and oxygen atoms in total. The summed E-state index contributed by atoms with van der Waals surface area (Å²) < 4.78 is 1.46. The largest absolute Gasteiger partial charge is 0.373 e. The molecule has 0 aliphatic rings. The van der Waals surface area contributed by atoms with Crippen LogP contribution in [0.4, 0.5) is 5.69 Å². The van der Waals surface area contributed by atoms with Crippen LogP contribution in [0.25, 0.3) is 0 Å². The lowest BCUT2D eigenvalue weighted by molar-refractivity contribution is 0.555. The Kier molecular flexibility index (Phi) is 4.30. The van der Waals surface area contributed by atoms with Crippen molar-refractivity contribution in [1.29, 1.82) is 0 Å². The Morgan fingerprint density at radius 2 is 2.33 bits per heavy atom. The molecule has 0 amide bonds. The SMILES string of the molecule is CCN(C)c1cnn(CCNC)c(=O)c1. The van der Waals surface area contributed by atoms with Crippen LogP contribution in [-0.2, 0) is 6.54 Å². The third-order valence-electron chi connectivity index (χ3n) is 2.34. The molecule has 0 atom stereocenters. The van der Waals surface area contributed by atoms with Gasteiger partial charge in [0.2, 0.25) is 0 Å². The van der Waals surface area contributed by atoms with Crippen LogP contribution in [0.15, 0.2) is 17.1 Å². The Morgan fingerprint density at radius 3 is 2.87 bits per heavy atom. The van der Waals surface area contributed by atoms with Crippen LogP contribution >= 0.6 is 0 Å². The van der Waals surface area contributed by atoms with Gasteiger partial charge in [0.1, 0.15) is 0 Å². The Morgan fingerprint density at radius 1 is 1.60 bits per heavy atom. The van der Waals surface area contributed by atoms with Gasteiger partial charge in [-0.2, -0.15) is 5.10 Å². The minimum atomic E-state index is -0.0527. The fourth-order valence-electron chi connectivity index (χ4n) is 1.20. The lowest BCUT2D eigenvalue weighted by Gasteiger charge is -2.16. The summed E-state index contributed by atoms with van der Waals surface area (Å²) in [6.45, 7) is 4.25. The van der Waals surface area contributed by atoms with E-state index in [0.717, 1.165) is 18.8 Å². The van der Waals surface area contributed by atoms with E-state index < -0.39 is 0 Å². The minimum absolute atomic E-state index is 0.0527. The predicted octanol–water partition coefficient (Wildman–Crippen LogP) is -0.0812. The highest BCUT2D eigenvalue weighted by Gasteiger charge is 2.02. The molecule has 84 valence electrons. The second-order valence-corrected chi connectivity index (χ2v) is 3.39. The molecule has 0 fully saturated rings. The molecule has 5 heteroatoms. The summed E-state index contributed by atoms with van der Waals surface area (Å²) in [7, 11) is 3.79. The summed E-state index contributed by atoms with van der Waals surface area (Å²) in [4.78, 5) is 13.6. The third-order valence-corrected chi connectivity index (χ3v) is 2.34. The van der Waals surface area contributed by atoms with Crippen molar-refractivity contribution in [1.82, 2.24) is 15.1 Å². The maximum absolute atomic E-state index is 11.6. The van der Waals surface area contributed by atoms with Crippen molar-refractivity contribution in [2.75, 3.05) is 32.1 Å². The fourth-order valence-corrected chi connectivity index (χ4v) is 1.20. The summed E-state index contributed by atoms with van der Waals surface area (Å²) in [5.74, 6) is 0. The summed E-state index contributed by atoms with van der Waals surface area (Å²) in [6, 6.07) is 1.62. The molecule has 0 saturated carbocycles. The summed E-state index contributed by atoms with van der Waals surface area (Å²) in [5.41, 5.74) is 0.811. The van der Waals surface area contributed by atoms with Crippen molar-refractivity contribution in [3.05, 3.63) is 22.6 Å². The average Bonchev–Trinajstić information content (AvgIpc) is 2.26. The molecule has 0 aliphatic heterocycles. The number of rotatable bonds is 5. The second-order valence-electron chi connectivity index (χ2n) is 3.39. The molecule has 1 heterocycles. The van der Waals surface area contributed by atoms with Gasteiger partial charge in [-0.05, 0) is 14.0 Å². The first-order valence-electron chi connectivity index (χ1n) is 5.12. The van der Waals surface area contributed by atoms with Gasteiger partial charge in [-0.3, -0.25) is 4.79 Å². The first-order valence-corrected chi connectivity index (χ1v) is 5.12. The Labute approximate surface area is 89.7 Å². The molecule has 1 aromatic heterocycles. The zero-order chi connectivity index (χ0) is 11.3. The van der Waals surface area contributed by atoms with E-state index in [1.165, 1.54) is 4.68 Å². The highest BCUT2D eigenvalue weighted by molar-refractivity contribution is 5.41. The monoisotopic (exact) mass is 210 g/mol. The highest BCUT2D eigenvalue weighted by Crippen LogP contribution is 2.05. The predicted molar refractivity (Wildman–Crippen MR) is 61.4 cm³/mol. The first kappa shape index (κ1) is 11.7. The van der Waals surface area contributed by atoms with Gasteiger partial charge in [-0.1, -0.05) is 0 Å². The molecule has 15 heavy (non-hydrogen) atoms. The lowest BCUT2D eigenvalue weighted by atomic mass is 10.4. The van der Waals surface area contributed by atoms with Crippen molar-refractivity contribution in [2.45, 2.75) is 13.5 Å². The van der Waals surface area contributed by atoms with E-state index in [2.05, 4.69) is 10.4 Å². The number of likely N-dealkylation sites (N-methyl/N-ethyl adjacent to an activating group) is 1. The smallest absolute Gasteiger partial charge is 0.268 e. The first-order chi connectivity index (χ1) is 7.19. The number of hydrogen-bond donors (Lipinski definition) is 1. The average molecular weight is 210 g/mol. The van der Waals surface area contributed by atoms with Crippen LogP contribution in [0.2, 0.25) is 0 Å².